The molecule has 0 amide bonds. The summed E-state index contributed by atoms with van der Waals surface area (Å²) in [7, 11) is 1.64. The topological polar surface area (TPSA) is 47.6 Å². The van der Waals surface area contributed by atoms with Gasteiger partial charge in [0.05, 0.1) is 17.5 Å². The average molecular weight is 356 g/mol. The molecule has 0 aromatic heterocycles. The zero-order valence-electron chi connectivity index (χ0n) is 12.9. The smallest absolute Gasteiger partial charge is 0.311 e. The molecule has 1 saturated heterocycles. The summed E-state index contributed by atoms with van der Waals surface area (Å²) < 4.78 is 11.7. The Balaban J connectivity index is 2.18. The molecule has 2 rings (SSSR count). The lowest BCUT2D eigenvalue weighted by Crippen LogP contribution is -2.31. The van der Waals surface area contributed by atoms with Crippen LogP contribution in [0.5, 0.6) is 5.75 Å². The summed E-state index contributed by atoms with van der Waals surface area (Å²) in [5.41, 5.74) is 0.661. The van der Waals surface area contributed by atoms with Crippen LogP contribution in [0.15, 0.2) is 22.7 Å². The molecule has 21 heavy (non-hydrogen) atoms. The lowest BCUT2D eigenvalue weighted by atomic mass is 9.89. The highest BCUT2D eigenvalue weighted by Gasteiger charge is 2.37. The summed E-state index contributed by atoms with van der Waals surface area (Å²) in [6.07, 6.45) is 0. The van der Waals surface area contributed by atoms with Crippen LogP contribution in [-0.4, -0.2) is 31.8 Å². The normalized spacial score (nSPS) is 22.1. The monoisotopic (exact) mass is 355 g/mol. The second-order valence-electron chi connectivity index (χ2n) is 6.30. The molecule has 1 fully saturated rings. The van der Waals surface area contributed by atoms with E-state index in [0.717, 1.165) is 22.3 Å². The third-order valence-electron chi connectivity index (χ3n) is 3.53. The van der Waals surface area contributed by atoms with Gasteiger partial charge in [-0.2, -0.15) is 0 Å². The molecule has 5 heteroatoms. The minimum Gasteiger partial charge on any atom is -0.496 e. The van der Waals surface area contributed by atoms with Gasteiger partial charge in [0.25, 0.3) is 0 Å². The Morgan fingerprint density at radius 1 is 1.33 bits per heavy atom. The van der Waals surface area contributed by atoms with Crippen molar-refractivity contribution in [2.45, 2.75) is 32.3 Å². The number of hydrogen-bond acceptors (Lipinski definition) is 4. The maximum atomic E-state index is 12.4. The quantitative estimate of drug-likeness (QED) is 0.846. The number of rotatable bonds is 3. The van der Waals surface area contributed by atoms with Crippen LogP contribution in [0.2, 0.25) is 0 Å². The van der Waals surface area contributed by atoms with E-state index in [1.807, 2.05) is 39.0 Å². The molecule has 0 bridgehead atoms. The number of ether oxygens (including phenoxy) is 2. The number of halogens is 1. The summed E-state index contributed by atoms with van der Waals surface area (Å²) in [4.78, 5) is 12.4. The van der Waals surface area contributed by atoms with E-state index in [2.05, 4.69) is 21.2 Å². The lowest BCUT2D eigenvalue weighted by molar-refractivity contribution is -0.159. The predicted molar refractivity (Wildman–Crippen MR) is 85.6 cm³/mol. The first kappa shape index (κ1) is 16.3. The number of nitrogens with one attached hydrogen (secondary N) is 1. The van der Waals surface area contributed by atoms with Crippen molar-refractivity contribution in [3.05, 3.63) is 28.2 Å². The fourth-order valence-corrected chi connectivity index (χ4v) is 3.13. The molecule has 1 aliphatic heterocycles. The van der Waals surface area contributed by atoms with Crippen LogP contribution in [0.4, 0.5) is 0 Å². The van der Waals surface area contributed by atoms with Crippen molar-refractivity contribution in [3.63, 3.8) is 0 Å². The highest BCUT2D eigenvalue weighted by Crippen LogP contribution is 2.34. The molecule has 0 saturated carbocycles. The Hall–Kier alpha value is -1.07. The molecule has 1 N–H and O–H groups in total. The van der Waals surface area contributed by atoms with E-state index in [-0.39, 0.29) is 17.8 Å². The van der Waals surface area contributed by atoms with E-state index >= 15 is 0 Å². The zero-order valence-corrected chi connectivity index (χ0v) is 14.5. The van der Waals surface area contributed by atoms with E-state index in [0.29, 0.717) is 6.54 Å². The molecular formula is C16H22BrNO3. The van der Waals surface area contributed by atoms with Gasteiger partial charge in [0, 0.05) is 19.0 Å². The van der Waals surface area contributed by atoms with Crippen LogP contribution in [0.1, 0.15) is 32.3 Å². The van der Waals surface area contributed by atoms with Gasteiger partial charge in [-0.05, 0) is 54.4 Å². The van der Waals surface area contributed by atoms with Gasteiger partial charge in [-0.15, -0.1) is 0 Å². The van der Waals surface area contributed by atoms with E-state index in [9.17, 15) is 4.79 Å². The third kappa shape index (κ3) is 3.98. The van der Waals surface area contributed by atoms with Gasteiger partial charge in [-0.1, -0.05) is 6.07 Å². The van der Waals surface area contributed by atoms with Crippen molar-refractivity contribution in [2.24, 2.45) is 5.92 Å². The van der Waals surface area contributed by atoms with Crippen molar-refractivity contribution >= 4 is 21.9 Å². The van der Waals surface area contributed by atoms with Crippen LogP contribution in [-0.2, 0) is 9.53 Å². The van der Waals surface area contributed by atoms with Gasteiger partial charge in [0.1, 0.15) is 11.4 Å². The van der Waals surface area contributed by atoms with Crippen LogP contribution in [0, 0.1) is 5.92 Å². The molecule has 0 aliphatic carbocycles. The SMILES string of the molecule is COc1ccc([C@@H]2CNC[C@H]2C(=O)OC(C)(C)C)cc1Br. The molecule has 2 atom stereocenters. The van der Waals surface area contributed by atoms with Crippen molar-refractivity contribution in [1.82, 2.24) is 5.32 Å². The number of hydrogen-bond donors (Lipinski definition) is 1. The van der Waals surface area contributed by atoms with Crippen molar-refractivity contribution in [1.29, 1.82) is 0 Å². The van der Waals surface area contributed by atoms with E-state index in [1.165, 1.54) is 0 Å². The van der Waals surface area contributed by atoms with Gasteiger partial charge < -0.3 is 14.8 Å². The summed E-state index contributed by atoms with van der Waals surface area (Å²) >= 11 is 3.50. The first-order chi connectivity index (χ1) is 9.81. The fraction of sp³-hybridized carbons (Fsp3) is 0.562. The number of methoxy groups -OCH3 is 1. The summed E-state index contributed by atoms with van der Waals surface area (Å²) in [6.45, 7) is 7.12. The predicted octanol–water partition coefficient (Wildman–Crippen LogP) is 3.10. The molecule has 1 aromatic carbocycles. The summed E-state index contributed by atoms with van der Waals surface area (Å²) in [5.74, 6) is 0.634. The van der Waals surface area contributed by atoms with E-state index in [4.69, 9.17) is 9.47 Å². The Kier molecular flexibility index (Phi) is 4.94. The number of esters is 1. The Morgan fingerprint density at radius 3 is 2.62 bits per heavy atom. The molecule has 0 spiro atoms. The maximum Gasteiger partial charge on any atom is 0.311 e. The second kappa shape index (κ2) is 6.36. The largest absolute Gasteiger partial charge is 0.496 e. The maximum absolute atomic E-state index is 12.4. The molecular weight excluding hydrogens is 334 g/mol. The standard InChI is InChI=1S/C16H22BrNO3/c1-16(2,3)21-15(19)12-9-18-8-11(12)10-5-6-14(20-4)13(17)7-10/h5-7,11-12,18H,8-9H2,1-4H3/t11-,12+/m0/s1. The summed E-state index contributed by atoms with van der Waals surface area (Å²) in [6, 6.07) is 5.95. The van der Waals surface area contributed by atoms with Gasteiger partial charge in [0.15, 0.2) is 0 Å². The highest BCUT2D eigenvalue weighted by atomic mass is 79.9. The lowest BCUT2D eigenvalue weighted by Gasteiger charge is -2.25. The third-order valence-corrected chi connectivity index (χ3v) is 4.15. The van der Waals surface area contributed by atoms with Gasteiger partial charge in [0.2, 0.25) is 0 Å². The fourth-order valence-electron chi connectivity index (χ4n) is 2.57. The molecule has 1 heterocycles. The molecule has 1 aliphatic rings. The minimum absolute atomic E-state index is 0.127. The van der Waals surface area contributed by atoms with E-state index < -0.39 is 5.60 Å². The minimum atomic E-state index is -0.454. The molecule has 1 aromatic rings. The van der Waals surface area contributed by atoms with Crippen LogP contribution < -0.4 is 10.1 Å². The van der Waals surface area contributed by atoms with Gasteiger partial charge in [-0.25, -0.2) is 0 Å². The van der Waals surface area contributed by atoms with Gasteiger partial charge >= 0.3 is 5.97 Å². The molecule has 0 unspecified atom stereocenters. The molecule has 4 nitrogen and oxygen atoms in total. The highest BCUT2D eigenvalue weighted by molar-refractivity contribution is 9.10. The number of benzene rings is 1. The van der Waals surface area contributed by atoms with Crippen molar-refractivity contribution in [2.75, 3.05) is 20.2 Å². The zero-order chi connectivity index (χ0) is 15.6. The van der Waals surface area contributed by atoms with Crippen LogP contribution in [0.25, 0.3) is 0 Å². The van der Waals surface area contributed by atoms with Crippen LogP contribution >= 0.6 is 15.9 Å². The van der Waals surface area contributed by atoms with E-state index in [1.54, 1.807) is 7.11 Å². The number of carbonyl (C=O) groups is 1. The Morgan fingerprint density at radius 2 is 2.05 bits per heavy atom. The second-order valence-corrected chi connectivity index (χ2v) is 7.15. The van der Waals surface area contributed by atoms with Crippen molar-refractivity contribution < 1.29 is 14.3 Å². The average Bonchev–Trinajstić information content (AvgIpc) is 2.85. The first-order valence-electron chi connectivity index (χ1n) is 7.09. The summed E-state index contributed by atoms with van der Waals surface area (Å²) in [5, 5.41) is 3.29. The number of carbonyl (C=O) groups excluding carboxylic acids is 1. The molecule has 116 valence electrons. The van der Waals surface area contributed by atoms with Crippen molar-refractivity contribution in [3.8, 4) is 5.75 Å². The van der Waals surface area contributed by atoms with Crippen LogP contribution in [0.3, 0.4) is 0 Å². The Bertz CT molecular complexity index is 525. The van der Waals surface area contributed by atoms with Gasteiger partial charge in [-0.3, -0.25) is 4.79 Å². The molecule has 0 radical (unpaired) electrons. The Labute approximate surface area is 134 Å². The first-order valence-corrected chi connectivity index (χ1v) is 7.88.